The fourth-order valence-corrected chi connectivity index (χ4v) is 3.23. The highest BCUT2D eigenvalue weighted by Crippen LogP contribution is 2.24. The summed E-state index contributed by atoms with van der Waals surface area (Å²) in [7, 11) is 0. The molecule has 0 aliphatic carbocycles. The number of benzene rings is 1. The summed E-state index contributed by atoms with van der Waals surface area (Å²) in [6.45, 7) is 1.76. The molecule has 2 heterocycles. The molecule has 0 bridgehead atoms. The van der Waals surface area contributed by atoms with Gasteiger partial charge in [0.2, 0.25) is 0 Å². The van der Waals surface area contributed by atoms with Crippen molar-refractivity contribution >= 4 is 40.7 Å². The van der Waals surface area contributed by atoms with Gasteiger partial charge in [-0.05, 0) is 30.7 Å². The molecular weight excluding hydrogens is 331 g/mol. The highest BCUT2D eigenvalue weighted by molar-refractivity contribution is 7.98. The van der Waals surface area contributed by atoms with Crippen molar-refractivity contribution in [3.63, 3.8) is 0 Å². The van der Waals surface area contributed by atoms with E-state index in [2.05, 4.69) is 15.1 Å². The third kappa shape index (κ3) is 3.23. The van der Waals surface area contributed by atoms with Crippen molar-refractivity contribution in [1.29, 1.82) is 0 Å². The van der Waals surface area contributed by atoms with Crippen molar-refractivity contribution < 1.29 is 0 Å². The number of H-pyrrole nitrogens is 1. The standard InChI is InChI=1S/C13H10Cl2N4OS/c1-7-2-11(20)19-12(16-7)17-13(18-19)21-6-8-3-9(14)5-10(15)4-8/h2-5H,6H2,1H3,(H,16,17,18). The topological polar surface area (TPSA) is 63.0 Å². The molecule has 1 N–H and O–H groups in total. The van der Waals surface area contributed by atoms with Crippen molar-refractivity contribution in [1.82, 2.24) is 19.6 Å². The van der Waals surface area contributed by atoms with Crippen LogP contribution >= 0.6 is 35.0 Å². The summed E-state index contributed by atoms with van der Waals surface area (Å²) >= 11 is 13.4. The maximum atomic E-state index is 11.8. The SMILES string of the molecule is Cc1cc(=O)n2[nH]c(SCc3cc(Cl)cc(Cl)c3)nc2n1. The lowest BCUT2D eigenvalue weighted by atomic mass is 10.2. The summed E-state index contributed by atoms with van der Waals surface area (Å²) in [5.74, 6) is 1.00. The van der Waals surface area contributed by atoms with E-state index in [0.717, 1.165) is 5.56 Å². The molecule has 21 heavy (non-hydrogen) atoms. The average Bonchev–Trinajstić information content (AvgIpc) is 2.78. The highest BCUT2D eigenvalue weighted by atomic mass is 35.5. The number of nitrogens with zero attached hydrogens (tertiary/aromatic N) is 3. The van der Waals surface area contributed by atoms with Gasteiger partial charge in [-0.25, -0.2) is 4.98 Å². The normalized spacial score (nSPS) is 11.2. The molecule has 0 atom stereocenters. The van der Waals surface area contributed by atoms with Crippen LogP contribution in [0.15, 0.2) is 34.2 Å². The molecule has 0 amide bonds. The maximum absolute atomic E-state index is 11.8. The molecule has 0 spiro atoms. The van der Waals surface area contributed by atoms with E-state index in [1.165, 1.54) is 22.3 Å². The van der Waals surface area contributed by atoms with Crippen molar-refractivity contribution in [2.45, 2.75) is 17.8 Å². The van der Waals surface area contributed by atoms with E-state index in [9.17, 15) is 4.79 Å². The van der Waals surface area contributed by atoms with Gasteiger partial charge in [-0.15, -0.1) is 0 Å². The number of aromatic nitrogens is 4. The van der Waals surface area contributed by atoms with Crippen LogP contribution in [0, 0.1) is 6.92 Å². The quantitative estimate of drug-likeness (QED) is 0.743. The van der Waals surface area contributed by atoms with Crippen molar-refractivity contribution in [3.05, 3.63) is 55.9 Å². The first-order valence-electron chi connectivity index (χ1n) is 6.05. The van der Waals surface area contributed by atoms with Crippen LogP contribution in [0.3, 0.4) is 0 Å². The fraction of sp³-hybridized carbons (Fsp3) is 0.154. The van der Waals surface area contributed by atoms with E-state index in [1.54, 1.807) is 13.0 Å². The van der Waals surface area contributed by atoms with Crippen LogP contribution in [0.25, 0.3) is 5.78 Å². The number of fused-ring (bicyclic) bond motifs is 1. The molecule has 3 aromatic rings. The Hall–Kier alpha value is -1.50. The zero-order valence-corrected chi connectivity index (χ0v) is 13.3. The predicted molar refractivity (Wildman–Crippen MR) is 84.4 cm³/mol. The first kappa shape index (κ1) is 14.4. The molecule has 0 aliphatic rings. The fourth-order valence-electron chi connectivity index (χ4n) is 1.88. The van der Waals surface area contributed by atoms with Gasteiger partial charge in [-0.1, -0.05) is 35.0 Å². The van der Waals surface area contributed by atoms with E-state index >= 15 is 0 Å². The Morgan fingerprint density at radius 3 is 2.62 bits per heavy atom. The second kappa shape index (κ2) is 5.71. The number of rotatable bonds is 3. The second-order valence-electron chi connectivity index (χ2n) is 4.47. The molecule has 0 aliphatic heterocycles. The van der Waals surface area contributed by atoms with E-state index < -0.39 is 0 Å². The van der Waals surface area contributed by atoms with Crippen LogP contribution in [0.2, 0.25) is 10.0 Å². The Labute approximate surface area is 134 Å². The molecular formula is C13H10Cl2N4OS. The Morgan fingerprint density at radius 2 is 1.90 bits per heavy atom. The summed E-state index contributed by atoms with van der Waals surface area (Å²) in [5.41, 5.74) is 1.45. The monoisotopic (exact) mass is 340 g/mol. The minimum Gasteiger partial charge on any atom is -0.267 e. The number of aromatic amines is 1. The van der Waals surface area contributed by atoms with Gasteiger partial charge < -0.3 is 0 Å². The van der Waals surface area contributed by atoms with Gasteiger partial charge >= 0.3 is 0 Å². The van der Waals surface area contributed by atoms with Gasteiger partial charge in [0.25, 0.3) is 11.3 Å². The molecule has 5 nitrogen and oxygen atoms in total. The zero-order chi connectivity index (χ0) is 15.0. The maximum Gasteiger partial charge on any atom is 0.274 e. The third-order valence-corrected chi connectivity index (χ3v) is 4.11. The summed E-state index contributed by atoms with van der Waals surface area (Å²) in [5, 5.41) is 4.72. The summed E-state index contributed by atoms with van der Waals surface area (Å²) < 4.78 is 1.32. The van der Waals surface area contributed by atoms with Gasteiger partial charge in [0.15, 0.2) is 5.16 Å². The van der Waals surface area contributed by atoms with Gasteiger partial charge in [0.05, 0.1) is 0 Å². The van der Waals surface area contributed by atoms with Gasteiger partial charge in [0.1, 0.15) is 0 Å². The van der Waals surface area contributed by atoms with Crippen LogP contribution in [0.5, 0.6) is 0 Å². The number of aryl methyl sites for hydroxylation is 1. The van der Waals surface area contributed by atoms with Crippen LogP contribution < -0.4 is 5.56 Å². The van der Waals surface area contributed by atoms with Crippen LogP contribution in [0.1, 0.15) is 11.3 Å². The Bertz CT molecular complexity index is 854. The number of hydrogen-bond acceptors (Lipinski definition) is 4. The van der Waals surface area contributed by atoms with Crippen molar-refractivity contribution in [2.24, 2.45) is 0 Å². The zero-order valence-electron chi connectivity index (χ0n) is 10.9. The first-order valence-corrected chi connectivity index (χ1v) is 7.79. The van der Waals surface area contributed by atoms with E-state index in [4.69, 9.17) is 23.2 Å². The van der Waals surface area contributed by atoms with Crippen LogP contribution in [-0.4, -0.2) is 19.6 Å². The minimum atomic E-state index is -0.178. The van der Waals surface area contributed by atoms with Crippen molar-refractivity contribution in [3.8, 4) is 0 Å². The largest absolute Gasteiger partial charge is 0.274 e. The van der Waals surface area contributed by atoms with Crippen molar-refractivity contribution in [2.75, 3.05) is 0 Å². The second-order valence-corrected chi connectivity index (χ2v) is 6.30. The molecule has 0 saturated carbocycles. The van der Waals surface area contributed by atoms with E-state index in [0.29, 0.717) is 32.4 Å². The summed E-state index contributed by atoms with van der Waals surface area (Å²) in [6, 6.07) is 6.83. The summed E-state index contributed by atoms with van der Waals surface area (Å²) in [6.07, 6.45) is 0. The number of hydrogen-bond donors (Lipinski definition) is 1. The molecule has 8 heteroatoms. The molecule has 108 valence electrons. The lowest BCUT2D eigenvalue weighted by molar-refractivity contribution is 0.845. The molecule has 0 fully saturated rings. The van der Waals surface area contributed by atoms with E-state index in [1.807, 2.05) is 12.1 Å². The smallest absolute Gasteiger partial charge is 0.267 e. The molecule has 0 radical (unpaired) electrons. The number of halogens is 2. The van der Waals surface area contributed by atoms with Crippen LogP contribution in [-0.2, 0) is 5.75 Å². The third-order valence-electron chi connectivity index (χ3n) is 2.74. The molecule has 3 rings (SSSR count). The predicted octanol–water partition coefficient (Wildman–Crippen LogP) is 3.33. The Balaban J connectivity index is 1.85. The molecule has 0 unspecified atom stereocenters. The lowest BCUT2D eigenvalue weighted by Crippen LogP contribution is -2.14. The van der Waals surface area contributed by atoms with Gasteiger partial charge in [-0.3, -0.25) is 9.89 Å². The minimum absolute atomic E-state index is 0.178. The van der Waals surface area contributed by atoms with Gasteiger partial charge in [0, 0.05) is 27.6 Å². The number of thioether (sulfide) groups is 1. The van der Waals surface area contributed by atoms with Crippen LogP contribution in [0.4, 0.5) is 0 Å². The molecule has 1 aromatic carbocycles. The van der Waals surface area contributed by atoms with E-state index in [-0.39, 0.29) is 5.56 Å². The molecule has 2 aromatic heterocycles. The summed E-state index contributed by atoms with van der Waals surface area (Å²) in [4.78, 5) is 20.3. The Morgan fingerprint density at radius 1 is 1.19 bits per heavy atom. The lowest BCUT2D eigenvalue weighted by Gasteiger charge is -2.01. The highest BCUT2D eigenvalue weighted by Gasteiger charge is 2.07. The average molecular weight is 341 g/mol. The Kier molecular flexibility index (Phi) is 3.93. The van der Waals surface area contributed by atoms with Gasteiger partial charge in [-0.2, -0.15) is 9.50 Å². The first-order chi connectivity index (χ1) is 10.0. The molecule has 0 saturated heterocycles. The number of nitrogens with one attached hydrogen (secondary N) is 1.